The number of benzene rings is 1. The molecule has 0 heterocycles. The van der Waals surface area contributed by atoms with Gasteiger partial charge in [-0.05, 0) is 19.1 Å². The van der Waals surface area contributed by atoms with Crippen LogP contribution in [0.4, 0.5) is 0 Å². The molecule has 72 valence electrons. The van der Waals surface area contributed by atoms with Gasteiger partial charge in [-0.15, -0.1) is 6.42 Å². The molecule has 0 spiro atoms. The lowest BCUT2D eigenvalue weighted by atomic mass is 10.2. The van der Waals surface area contributed by atoms with Gasteiger partial charge in [-0.2, -0.15) is 0 Å². The Bertz CT molecular complexity index is 340. The van der Waals surface area contributed by atoms with Gasteiger partial charge >= 0.3 is 0 Å². The predicted molar refractivity (Wildman–Crippen MR) is 53.3 cm³/mol. The van der Waals surface area contributed by atoms with E-state index in [1.165, 1.54) is 0 Å². The molecule has 0 saturated heterocycles. The largest absolute Gasteiger partial charge is 0.274 e. The molecule has 14 heavy (non-hydrogen) atoms. The molecule has 1 rings (SSSR count). The minimum atomic E-state index is -0.428. The minimum Gasteiger partial charge on any atom is -0.267 e. The first-order valence-electron chi connectivity index (χ1n) is 4.21. The van der Waals surface area contributed by atoms with E-state index in [9.17, 15) is 4.79 Å². The number of hydrogen-bond acceptors (Lipinski definition) is 2. The summed E-state index contributed by atoms with van der Waals surface area (Å²) in [6, 6.07) is 8.78. The molecule has 3 nitrogen and oxygen atoms in total. The molecule has 1 N–H and O–H groups in total. The van der Waals surface area contributed by atoms with E-state index in [4.69, 9.17) is 11.3 Å². The summed E-state index contributed by atoms with van der Waals surface area (Å²) in [4.78, 5) is 16.2. The number of carbonyl (C=O) groups excluding carboxylic acids is 1. The minimum absolute atomic E-state index is 0.298. The van der Waals surface area contributed by atoms with Crippen LogP contribution in [-0.4, -0.2) is 12.0 Å². The van der Waals surface area contributed by atoms with Crippen LogP contribution in [0.2, 0.25) is 0 Å². The molecule has 1 amide bonds. The summed E-state index contributed by atoms with van der Waals surface area (Å²) in [5, 5.41) is 0. The summed E-state index contributed by atoms with van der Waals surface area (Å²) in [5.74, 6) is 2.04. The maximum Gasteiger partial charge on any atom is 0.274 e. The standard InChI is InChI=1S/C11H11NO2/c1-3-9(2)14-12-11(13)10-7-5-4-6-8-10/h1,4-9H,2H3,(H,12,13). The van der Waals surface area contributed by atoms with E-state index in [-0.39, 0.29) is 5.91 Å². The van der Waals surface area contributed by atoms with Crippen LogP contribution in [0.1, 0.15) is 17.3 Å². The van der Waals surface area contributed by atoms with Crippen molar-refractivity contribution in [2.45, 2.75) is 13.0 Å². The van der Waals surface area contributed by atoms with E-state index in [1.54, 1.807) is 31.2 Å². The van der Waals surface area contributed by atoms with Crippen LogP contribution in [0, 0.1) is 12.3 Å². The van der Waals surface area contributed by atoms with Crippen LogP contribution >= 0.6 is 0 Å². The number of amides is 1. The third-order valence-electron chi connectivity index (χ3n) is 1.60. The molecular formula is C11H11NO2. The van der Waals surface area contributed by atoms with Gasteiger partial charge in [0.25, 0.3) is 5.91 Å². The van der Waals surface area contributed by atoms with Crippen molar-refractivity contribution in [3.8, 4) is 12.3 Å². The zero-order valence-corrected chi connectivity index (χ0v) is 7.86. The molecule has 1 aromatic rings. The van der Waals surface area contributed by atoms with Crippen molar-refractivity contribution in [2.24, 2.45) is 0 Å². The Morgan fingerprint density at radius 1 is 1.50 bits per heavy atom. The Morgan fingerprint density at radius 2 is 2.14 bits per heavy atom. The van der Waals surface area contributed by atoms with Gasteiger partial charge in [0.1, 0.15) is 6.10 Å². The van der Waals surface area contributed by atoms with Crippen molar-refractivity contribution in [3.63, 3.8) is 0 Å². The van der Waals surface area contributed by atoms with Crippen LogP contribution in [0.15, 0.2) is 30.3 Å². The fraction of sp³-hybridized carbons (Fsp3) is 0.182. The molecule has 1 aromatic carbocycles. The van der Waals surface area contributed by atoms with Crippen molar-refractivity contribution < 1.29 is 9.63 Å². The maximum atomic E-state index is 11.4. The van der Waals surface area contributed by atoms with Crippen LogP contribution in [0.5, 0.6) is 0 Å². The summed E-state index contributed by atoms with van der Waals surface area (Å²) >= 11 is 0. The Labute approximate surface area is 83.0 Å². The van der Waals surface area contributed by atoms with Crippen LogP contribution in [-0.2, 0) is 4.84 Å². The van der Waals surface area contributed by atoms with Crippen molar-refractivity contribution in [1.82, 2.24) is 5.48 Å². The fourth-order valence-corrected chi connectivity index (χ4v) is 0.824. The second-order valence-corrected chi connectivity index (χ2v) is 2.72. The van der Waals surface area contributed by atoms with Crippen LogP contribution in [0.3, 0.4) is 0 Å². The highest BCUT2D eigenvalue weighted by Gasteiger charge is 2.05. The molecule has 0 bridgehead atoms. The highest BCUT2D eigenvalue weighted by molar-refractivity contribution is 5.93. The van der Waals surface area contributed by atoms with E-state index in [0.717, 1.165) is 0 Å². The lowest BCUT2D eigenvalue weighted by Crippen LogP contribution is -2.27. The quantitative estimate of drug-likeness (QED) is 0.576. The third-order valence-corrected chi connectivity index (χ3v) is 1.60. The van der Waals surface area contributed by atoms with Crippen molar-refractivity contribution in [3.05, 3.63) is 35.9 Å². The van der Waals surface area contributed by atoms with Crippen LogP contribution < -0.4 is 5.48 Å². The van der Waals surface area contributed by atoms with Crippen molar-refractivity contribution in [2.75, 3.05) is 0 Å². The molecule has 0 saturated carbocycles. The van der Waals surface area contributed by atoms with E-state index in [0.29, 0.717) is 5.56 Å². The number of nitrogens with one attached hydrogen (secondary N) is 1. The number of hydroxylamine groups is 1. The first-order chi connectivity index (χ1) is 6.74. The van der Waals surface area contributed by atoms with E-state index < -0.39 is 6.10 Å². The summed E-state index contributed by atoms with van der Waals surface area (Å²) in [6.45, 7) is 1.67. The second-order valence-electron chi connectivity index (χ2n) is 2.72. The summed E-state index contributed by atoms with van der Waals surface area (Å²) in [7, 11) is 0. The van der Waals surface area contributed by atoms with Gasteiger partial charge < -0.3 is 0 Å². The third kappa shape index (κ3) is 2.92. The highest BCUT2D eigenvalue weighted by Crippen LogP contribution is 1.98. The van der Waals surface area contributed by atoms with Crippen LogP contribution in [0.25, 0.3) is 0 Å². The van der Waals surface area contributed by atoms with Gasteiger partial charge in [0, 0.05) is 5.56 Å². The molecule has 3 heteroatoms. The van der Waals surface area contributed by atoms with Crippen molar-refractivity contribution in [1.29, 1.82) is 0 Å². The first kappa shape index (κ1) is 10.3. The van der Waals surface area contributed by atoms with E-state index in [2.05, 4.69) is 11.4 Å². The van der Waals surface area contributed by atoms with Gasteiger partial charge in [-0.1, -0.05) is 24.1 Å². The first-order valence-corrected chi connectivity index (χ1v) is 4.21. The van der Waals surface area contributed by atoms with Gasteiger partial charge in [0.15, 0.2) is 0 Å². The monoisotopic (exact) mass is 189 g/mol. The zero-order valence-electron chi connectivity index (χ0n) is 7.86. The average molecular weight is 189 g/mol. The van der Waals surface area contributed by atoms with Gasteiger partial charge in [-0.3, -0.25) is 9.63 Å². The SMILES string of the molecule is C#CC(C)ONC(=O)c1ccccc1. The smallest absolute Gasteiger partial charge is 0.267 e. The highest BCUT2D eigenvalue weighted by atomic mass is 16.7. The lowest BCUT2D eigenvalue weighted by molar-refractivity contribution is 0.0147. The molecule has 0 radical (unpaired) electrons. The molecule has 1 atom stereocenters. The van der Waals surface area contributed by atoms with Gasteiger partial charge in [0.2, 0.25) is 0 Å². The van der Waals surface area contributed by atoms with Crippen molar-refractivity contribution >= 4 is 5.91 Å². The molecule has 1 unspecified atom stereocenters. The fourth-order valence-electron chi connectivity index (χ4n) is 0.824. The molecule has 0 aromatic heterocycles. The Hall–Kier alpha value is -1.79. The number of carbonyl (C=O) groups is 1. The molecule has 0 aliphatic carbocycles. The van der Waals surface area contributed by atoms with Gasteiger partial charge in [0.05, 0.1) is 0 Å². The van der Waals surface area contributed by atoms with E-state index >= 15 is 0 Å². The second kappa shape index (κ2) is 5.05. The summed E-state index contributed by atoms with van der Waals surface area (Å²) in [5.41, 5.74) is 2.81. The normalized spacial score (nSPS) is 11.4. The summed E-state index contributed by atoms with van der Waals surface area (Å²) in [6.07, 6.45) is 4.64. The topological polar surface area (TPSA) is 38.3 Å². The maximum absolute atomic E-state index is 11.4. The predicted octanol–water partition coefficient (Wildman–Crippen LogP) is 1.37. The molecule has 0 aliphatic heterocycles. The Balaban J connectivity index is 2.49. The average Bonchev–Trinajstić information content (AvgIpc) is 2.26. The lowest BCUT2D eigenvalue weighted by Gasteiger charge is -2.07. The van der Waals surface area contributed by atoms with E-state index in [1.807, 2.05) is 6.07 Å². The number of terminal acetylenes is 1. The molecular weight excluding hydrogens is 178 g/mol. The molecule has 0 fully saturated rings. The molecule has 0 aliphatic rings. The van der Waals surface area contributed by atoms with Gasteiger partial charge in [-0.25, -0.2) is 5.48 Å². The zero-order chi connectivity index (χ0) is 10.4. The Kier molecular flexibility index (Phi) is 3.71. The number of rotatable bonds is 3. The summed E-state index contributed by atoms with van der Waals surface area (Å²) < 4.78 is 0. The number of hydrogen-bond donors (Lipinski definition) is 1. The Morgan fingerprint density at radius 3 is 2.71 bits per heavy atom.